The number of aromatic nitrogens is 3. The predicted octanol–water partition coefficient (Wildman–Crippen LogP) is 2.77. The Morgan fingerprint density at radius 2 is 1.93 bits per heavy atom. The molecule has 4 rings (SSSR count). The molecule has 1 atom stereocenters. The van der Waals surface area contributed by atoms with E-state index < -0.39 is 0 Å². The molecule has 1 saturated heterocycles. The molecular formula is C20H25N5O3S. The number of thioether (sulfide) groups is 1. The number of amides is 1. The van der Waals surface area contributed by atoms with Crippen molar-refractivity contribution in [2.75, 3.05) is 36.5 Å². The van der Waals surface area contributed by atoms with Gasteiger partial charge in [0.05, 0.1) is 24.2 Å². The fraction of sp³-hybridized carbons (Fsp3) is 0.500. The second-order valence-corrected chi connectivity index (χ2v) is 8.64. The van der Waals surface area contributed by atoms with E-state index in [1.54, 1.807) is 24.3 Å². The summed E-state index contributed by atoms with van der Waals surface area (Å²) in [4.78, 5) is 26.8. The van der Waals surface area contributed by atoms with Crippen molar-refractivity contribution in [3.63, 3.8) is 0 Å². The Hall–Kier alpha value is -2.39. The molecule has 1 unspecified atom stereocenters. The summed E-state index contributed by atoms with van der Waals surface area (Å²) in [5.74, 6) is 0.625. The van der Waals surface area contributed by atoms with Crippen molar-refractivity contribution in [1.29, 1.82) is 0 Å². The molecule has 9 heteroatoms. The van der Waals surface area contributed by atoms with Crippen molar-refractivity contribution >= 4 is 35.1 Å². The fourth-order valence-electron chi connectivity index (χ4n) is 3.33. The lowest BCUT2D eigenvalue weighted by Crippen LogP contribution is -2.38. The van der Waals surface area contributed by atoms with Crippen molar-refractivity contribution in [2.45, 2.75) is 43.1 Å². The van der Waals surface area contributed by atoms with Gasteiger partial charge in [0.15, 0.2) is 10.9 Å². The smallest absolute Gasteiger partial charge is 0.237 e. The maximum absolute atomic E-state index is 12.8. The van der Waals surface area contributed by atoms with Crippen LogP contribution >= 0.6 is 11.8 Å². The minimum atomic E-state index is -0.380. The van der Waals surface area contributed by atoms with E-state index in [9.17, 15) is 9.59 Å². The third-order valence-electron chi connectivity index (χ3n) is 5.07. The number of ether oxygens (including phenoxy) is 1. The Morgan fingerprint density at radius 1 is 1.21 bits per heavy atom. The minimum Gasteiger partial charge on any atom is -0.378 e. The van der Waals surface area contributed by atoms with Gasteiger partial charge in [-0.15, -0.1) is 10.2 Å². The van der Waals surface area contributed by atoms with Crippen LogP contribution in [-0.4, -0.2) is 58.0 Å². The predicted molar refractivity (Wildman–Crippen MR) is 112 cm³/mol. The Bertz CT molecular complexity index is 905. The van der Waals surface area contributed by atoms with Gasteiger partial charge in [0.25, 0.3) is 0 Å². The van der Waals surface area contributed by atoms with Gasteiger partial charge in [-0.25, -0.2) is 0 Å². The molecule has 2 aromatic rings. The highest BCUT2D eigenvalue weighted by molar-refractivity contribution is 8.00. The first-order valence-corrected chi connectivity index (χ1v) is 10.8. The molecule has 0 radical (unpaired) electrons. The molecule has 154 valence electrons. The van der Waals surface area contributed by atoms with E-state index in [2.05, 4.69) is 25.0 Å². The lowest BCUT2D eigenvalue weighted by molar-refractivity contribution is -0.115. The molecule has 0 spiro atoms. The van der Waals surface area contributed by atoms with E-state index in [4.69, 9.17) is 4.74 Å². The number of carbonyl (C=O) groups excluding carboxylic acids is 2. The van der Waals surface area contributed by atoms with Crippen molar-refractivity contribution in [2.24, 2.45) is 0 Å². The van der Waals surface area contributed by atoms with Gasteiger partial charge in [0.1, 0.15) is 0 Å². The number of Topliss-reactive ketones (excluding diaryl/α,β-unsaturated/α-hetero) is 1. The van der Waals surface area contributed by atoms with Gasteiger partial charge in [-0.2, -0.15) is 0 Å². The first kappa shape index (κ1) is 19.9. The summed E-state index contributed by atoms with van der Waals surface area (Å²) < 4.78 is 7.61. The quantitative estimate of drug-likeness (QED) is 0.549. The van der Waals surface area contributed by atoms with E-state index in [0.29, 0.717) is 30.5 Å². The fourth-order valence-corrected chi connectivity index (χ4v) is 4.24. The number of nitrogens with one attached hydrogen (secondary N) is 1. The van der Waals surface area contributed by atoms with Gasteiger partial charge in [0, 0.05) is 24.7 Å². The van der Waals surface area contributed by atoms with Crippen LogP contribution in [0.25, 0.3) is 0 Å². The van der Waals surface area contributed by atoms with E-state index in [0.717, 1.165) is 37.0 Å². The van der Waals surface area contributed by atoms with Crippen LogP contribution in [0.5, 0.6) is 0 Å². The molecule has 2 fully saturated rings. The van der Waals surface area contributed by atoms with Crippen LogP contribution in [0.4, 0.5) is 11.6 Å². The second kappa shape index (κ2) is 8.54. The number of benzene rings is 1. The summed E-state index contributed by atoms with van der Waals surface area (Å²) in [6, 6.07) is 7.45. The van der Waals surface area contributed by atoms with Gasteiger partial charge in [-0.3, -0.25) is 14.2 Å². The van der Waals surface area contributed by atoms with E-state index in [-0.39, 0.29) is 16.9 Å². The second-order valence-electron chi connectivity index (χ2n) is 7.33. The highest BCUT2D eigenvalue weighted by atomic mass is 32.2. The summed E-state index contributed by atoms with van der Waals surface area (Å²) in [6.07, 6.45) is 2.21. The maximum atomic E-state index is 12.8. The lowest BCUT2D eigenvalue weighted by atomic mass is 10.1. The highest BCUT2D eigenvalue weighted by Crippen LogP contribution is 2.41. The third kappa shape index (κ3) is 4.45. The van der Waals surface area contributed by atoms with Crippen LogP contribution in [0.15, 0.2) is 29.4 Å². The van der Waals surface area contributed by atoms with Crippen LogP contribution in [-0.2, 0) is 9.53 Å². The Labute approximate surface area is 174 Å². The monoisotopic (exact) mass is 415 g/mol. The topological polar surface area (TPSA) is 89.3 Å². The zero-order valence-electron chi connectivity index (χ0n) is 16.6. The molecule has 0 bridgehead atoms. The summed E-state index contributed by atoms with van der Waals surface area (Å²) >= 11 is 1.40. The molecule has 1 N–H and O–H groups in total. The third-order valence-corrected chi connectivity index (χ3v) is 6.12. The van der Waals surface area contributed by atoms with Crippen LogP contribution in [0, 0.1) is 0 Å². The average molecular weight is 416 g/mol. The minimum absolute atomic E-state index is 0.0789. The van der Waals surface area contributed by atoms with E-state index >= 15 is 0 Å². The van der Waals surface area contributed by atoms with Gasteiger partial charge in [0.2, 0.25) is 11.9 Å². The number of nitrogens with zero attached hydrogens (tertiary/aromatic N) is 4. The molecule has 2 aliphatic rings. The molecule has 1 aromatic carbocycles. The number of rotatable bonds is 7. The first-order valence-electron chi connectivity index (χ1n) is 9.89. The molecule has 1 aromatic heterocycles. The van der Waals surface area contributed by atoms with Gasteiger partial charge in [-0.1, -0.05) is 23.9 Å². The normalized spacial score (nSPS) is 17.8. The first-order chi connectivity index (χ1) is 14.0. The Balaban J connectivity index is 1.48. The summed E-state index contributed by atoms with van der Waals surface area (Å²) in [6.45, 7) is 6.31. The van der Waals surface area contributed by atoms with Crippen molar-refractivity contribution in [1.82, 2.24) is 14.8 Å². The summed E-state index contributed by atoms with van der Waals surface area (Å²) in [7, 11) is 0. The Morgan fingerprint density at radius 3 is 2.62 bits per heavy atom. The Kier molecular flexibility index (Phi) is 5.86. The standard InChI is InChI=1S/C20H25N5O3S/c1-13(26)16-5-3-4-6-17(16)21-18(27)14(2)29-20-23-22-19(25(20)15-7-8-15)24-9-11-28-12-10-24/h3-6,14-15H,7-12H2,1-2H3,(H,21,27). The van der Waals surface area contributed by atoms with Crippen molar-refractivity contribution in [3.8, 4) is 0 Å². The number of para-hydroxylation sites is 1. The molecule has 1 amide bonds. The van der Waals surface area contributed by atoms with Crippen molar-refractivity contribution in [3.05, 3.63) is 29.8 Å². The molecule has 1 aliphatic heterocycles. The number of morpholine rings is 1. The van der Waals surface area contributed by atoms with E-state index in [1.165, 1.54) is 18.7 Å². The summed E-state index contributed by atoms with van der Waals surface area (Å²) in [5.41, 5.74) is 1.05. The van der Waals surface area contributed by atoms with Gasteiger partial charge < -0.3 is 15.0 Å². The van der Waals surface area contributed by atoms with Gasteiger partial charge in [-0.05, 0) is 38.8 Å². The number of anilines is 2. The zero-order chi connectivity index (χ0) is 20.4. The number of hydrogen-bond donors (Lipinski definition) is 1. The average Bonchev–Trinajstić information content (AvgIpc) is 3.48. The molecular weight excluding hydrogens is 390 g/mol. The van der Waals surface area contributed by atoms with Crippen LogP contribution in [0.3, 0.4) is 0 Å². The van der Waals surface area contributed by atoms with Crippen LogP contribution in [0.1, 0.15) is 43.1 Å². The maximum Gasteiger partial charge on any atom is 0.237 e. The lowest BCUT2D eigenvalue weighted by Gasteiger charge is -2.28. The number of ketones is 1. The highest BCUT2D eigenvalue weighted by Gasteiger charge is 2.33. The van der Waals surface area contributed by atoms with Crippen molar-refractivity contribution < 1.29 is 14.3 Å². The van der Waals surface area contributed by atoms with Crippen LogP contribution < -0.4 is 10.2 Å². The summed E-state index contributed by atoms with van der Waals surface area (Å²) in [5, 5.41) is 12.1. The number of hydrogen-bond acceptors (Lipinski definition) is 7. The number of carbonyl (C=O) groups is 2. The largest absolute Gasteiger partial charge is 0.378 e. The van der Waals surface area contributed by atoms with Gasteiger partial charge >= 0.3 is 0 Å². The molecule has 2 heterocycles. The molecule has 29 heavy (non-hydrogen) atoms. The molecule has 1 saturated carbocycles. The molecule has 8 nitrogen and oxygen atoms in total. The zero-order valence-corrected chi connectivity index (χ0v) is 17.4. The van der Waals surface area contributed by atoms with E-state index in [1.807, 2.05) is 6.92 Å². The SMILES string of the molecule is CC(=O)c1ccccc1NC(=O)C(C)Sc1nnc(N2CCOCC2)n1C1CC1. The van der Waals surface area contributed by atoms with Crippen LogP contribution in [0.2, 0.25) is 0 Å². The molecule has 1 aliphatic carbocycles.